The highest BCUT2D eigenvalue weighted by Gasteiger charge is 2.22. The van der Waals surface area contributed by atoms with Crippen LogP contribution in [0, 0.1) is 0 Å². The first kappa shape index (κ1) is 20.0. The minimum absolute atomic E-state index is 0.605. The van der Waals surface area contributed by atoms with Gasteiger partial charge in [-0.25, -0.2) is 9.97 Å². The van der Waals surface area contributed by atoms with Crippen molar-refractivity contribution < 1.29 is 4.74 Å². The Kier molecular flexibility index (Phi) is 5.67. The number of rotatable bonds is 5. The molecule has 1 heterocycles. The van der Waals surface area contributed by atoms with Crippen LogP contribution < -0.4 is 10.1 Å². The Labute approximate surface area is 188 Å². The minimum atomic E-state index is 0.605. The number of benzene rings is 3. The molecule has 0 unspecified atom stereocenters. The molecule has 0 amide bonds. The Bertz CT molecular complexity index is 1230. The molecule has 1 N–H and O–H groups in total. The summed E-state index contributed by atoms with van der Waals surface area (Å²) < 4.78 is 5.27. The van der Waals surface area contributed by atoms with E-state index in [1.807, 2.05) is 36.4 Å². The zero-order valence-electron chi connectivity index (χ0n) is 18.1. The topological polar surface area (TPSA) is 47.0 Å². The summed E-state index contributed by atoms with van der Waals surface area (Å²) in [6, 6.07) is 28.7. The molecular weight excluding hydrogens is 394 g/mol. The van der Waals surface area contributed by atoms with Crippen molar-refractivity contribution in [3.63, 3.8) is 0 Å². The standard InChI is InChI=1S/C28H25N3O/c1-32-24-17-15-23(16-18-24)29-28-30-26(21-11-6-3-7-12-21)25-14-8-13-22(27(25)31-28)19-20-9-4-2-5-10-20/h2-7,9-12,15-19H,8,13-14H2,1H3,(H,29,30,31)/b22-19+. The summed E-state index contributed by atoms with van der Waals surface area (Å²) in [5.41, 5.74) is 7.77. The van der Waals surface area contributed by atoms with Crippen LogP contribution in [0.25, 0.3) is 22.9 Å². The Balaban J connectivity index is 1.62. The van der Waals surface area contributed by atoms with Crippen LogP contribution >= 0.6 is 0 Å². The molecule has 158 valence electrons. The molecule has 4 heteroatoms. The molecule has 0 saturated carbocycles. The number of allylic oxidation sites excluding steroid dienone is 1. The van der Waals surface area contributed by atoms with E-state index in [1.165, 1.54) is 16.7 Å². The molecule has 0 atom stereocenters. The van der Waals surface area contributed by atoms with Crippen molar-refractivity contribution >= 4 is 23.3 Å². The second kappa shape index (κ2) is 9.06. The average molecular weight is 420 g/mol. The van der Waals surface area contributed by atoms with Gasteiger partial charge < -0.3 is 10.1 Å². The molecule has 0 fully saturated rings. The predicted molar refractivity (Wildman–Crippen MR) is 131 cm³/mol. The van der Waals surface area contributed by atoms with Crippen LogP contribution in [0.1, 0.15) is 29.7 Å². The molecule has 5 rings (SSSR count). The highest BCUT2D eigenvalue weighted by atomic mass is 16.5. The van der Waals surface area contributed by atoms with E-state index < -0.39 is 0 Å². The maximum atomic E-state index is 5.27. The first-order valence-corrected chi connectivity index (χ1v) is 10.9. The number of methoxy groups -OCH3 is 1. The Hall–Kier alpha value is -3.92. The zero-order valence-corrected chi connectivity index (χ0v) is 18.1. The number of anilines is 2. The number of ether oxygens (including phenoxy) is 1. The lowest BCUT2D eigenvalue weighted by Gasteiger charge is -2.22. The normalized spacial score (nSPS) is 14.1. The van der Waals surface area contributed by atoms with E-state index in [0.717, 1.165) is 47.7 Å². The molecule has 0 bridgehead atoms. The van der Waals surface area contributed by atoms with Gasteiger partial charge in [-0.3, -0.25) is 0 Å². The van der Waals surface area contributed by atoms with Gasteiger partial charge in [0.05, 0.1) is 18.5 Å². The summed E-state index contributed by atoms with van der Waals surface area (Å²) in [6.45, 7) is 0. The van der Waals surface area contributed by atoms with Crippen molar-refractivity contribution in [1.29, 1.82) is 0 Å². The first-order chi connectivity index (χ1) is 15.8. The van der Waals surface area contributed by atoms with E-state index in [4.69, 9.17) is 14.7 Å². The monoisotopic (exact) mass is 419 g/mol. The number of nitrogens with one attached hydrogen (secondary N) is 1. The molecule has 4 nitrogen and oxygen atoms in total. The van der Waals surface area contributed by atoms with Crippen LogP contribution in [0.5, 0.6) is 5.75 Å². The maximum Gasteiger partial charge on any atom is 0.228 e. The number of nitrogens with zero attached hydrogens (tertiary/aromatic N) is 2. The summed E-state index contributed by atoms with van der Waals surface area (Å²) >= 11 is 0. The second-order valence-electron chi connectivity index (χ2n) is 7.88. The molecule has 1 aromatic heterocycles. The molecule has 1 aliphatic carbocycles. The van der Waals surface area contributed by atoms with Gasteiger partial charge in [-0.15, -0.1) is 0 Å². The van der Waals surface area contributed by atoms with Gasteiger partial charge in [-0.1, -0.05) is 60.7 Å². The van der Waals surface area contributed by atoms with E-state index in [0.29, 0.717) is 5.95 Å². The Morgan fingerprint density at radius 1 is 0.781 bits per heavy atom. The van der Waals surface area contributed by atoms with Crippen LogP contribution in [0.3, 0.4) is 0 Å². The van der Waals surface area contributed by atoms with Gasteiger partial charge >= 0.3 is 0 Å². The molecule has 0 saturated heterocycles. The SMILES string of the molecule is COc1ccc(Nc2nc3c(c(-c4ccccc4)n2)CCC/C3=C\c2ccccc2)cc1. The van der Waals surface area contributed by atoms with Crippen LogP contribution in [0.15, 0.2) is 84.9 Å². The van der Waals surface area contributed by atoms with Crippen LogP contribution in [-0.2, 0) is 6.42 Å². The molecule has 0 radical (unpaired) electrons. The average Bonchev–Trinajstić information content (AvgIpc) is 2.86. The molecular formula is C28H25N3O. The van der Waals surface area contributed by atoms with Crippen molar-refractivity contribution in [2.75, 3.05) is 12.4 Å². The van der Waals surface area contributed by atoms with Crippen LogP contribution in [0.2, 0.25) is 0 Å². The summed E-state index contributed by atoms with van der Waals surface area (Å²) in [4.78, 5) is 9.95. The lowest BCUT2D eigenvalue weighted by molar-refractivity contribution is 0.415. The summed E-state index contributed by atoms with van der Waals surface area (Å²) in [5.74, 6) is 1.42. The first-order valence-electron chi connectivity index (χ1n) is 10.9. The molecule has 32 heavy (non-hydrogen) atoms. The molecule has 0 aliphatic heterocycles. The van der Waals surface area contributed by atoms with Gasteiger partial charge in [0, 0.05) is 16.8 Å². The lowest BCUT2D eigenvalue weighted by Crippen LogP contribution is -2.11. The predicted octanol–water partition coefficient (Wildman–Crippen LogP) is 6.77. The fourth-order valence-corrected chi connectivity index (χ4v) is 4.15. The highest BCUT2D eigenvalue weighted by Crippen LogP contribution is 2.37. The quantitative estimate of drug-likeness (QED) is 0.388. The summed E-state index contributed by atoms with van der Waals surface area (Å²) in [7, 11) is 1.67. The van der Waals surface area contributed by atoms with Crippen molar-refractivity contribution in [1.82, 2.24) is 9.97 Å². The van der Waals surface area contributed by atoms with Crippen molar-refractivity contribution in [2.45, 2.75) is 19.3 Å². The Morgan fingerprint density at radius 3 is 2.19 bits per heavy atom. The van der Waals surface area contributed by atoms with Crippen LogP contribution in [0.4, 0.5) is 11.6 Å². The lowest BCUT2D eigenvalue weighted by atomic mass is 9.87. The van der Waals surface area contributed by atoms with Crippen molar-refractivity contribution in [3.05, 3.63) is 102 Å². The number of hydrogen-bond donors (Lipinski definition) is 1. The Morgan fingerprint density at radius 2 is 1.47 bits per heavy atom. The van der Waals surface area contributed by atoms with E-state index in [2.05, 4.69) is 59.9 Å². The fraction of sp³-hybridized carbons (Fsp3) is 0.143. The third-order valence-electron chi connectivity index (χ3n) is 5.72. The minimum Gasteiger partial charge on any atom is -0.497 e. The summed E-state index contributed by atoms with van der Waals surface area (Å²) in [5, 5.41) is 3.39. The highest BCUT2D eigenvalue weighted by molar-refractivity contribution is 5.85. The fourth-order valence-electron chi connectivity index (χ4n) is 4.15. The van der Waals surface area contributed by atoms with Gasteiger partial charge in [0.15, 0.2) is 0 Å². The van der Waals surface area contributed by atoms with Crippen molar-refractivity contribution in [3.8, 4) is 17.0 Å². The van der Waals surface area contributed by atoms with Gasteiger partial charge in [-0.05, 0) is 60.7 Å². The number of fused-ring (bicyclic) bond motifs is 1. The number of hydrogen-bond acceptors (Lipinski definition) is 4. The number of aromatic nitrogens is 2. The second-order valence-corrected chi connectivity index (χ2v) is 7.88. The molecule has 1 aliphatic rings. The van der Waals surface area contributed by atoms with E-state index >= 15 is 0 Å². The molecule has 0 spiro atoms. The van der Waals surface area contributed by atoms with Gasteiger partial charge in [-0.2, -0.15) is 0 Å². The van der Waals surface area contributed by atoms with E-state index in [9.17, 15) is 0 Å². The van der Waals surface area contributed by atoms with Gasteiger partial charge in [0.2, 0.25) is 5.95 Å². The van der Waals surface area contributed by atoms with Crippen molar-refractivity contribution in [2.24, 2.45) is 0 Å². The zero-order chi connectivity index (χ0) is 21.8. The third kappa shape index (κ3) is 4.26. The summed E-state index contributed by atoms with van der Waals surface area (Å²) in [6.07, 6.45) is 5.35. The van der Waals surface area contributed by atoms with Gasteiger partial charge in [0.25, 0.3) is 0 Å². The van der Waals surface area contributed by atoms with Crippen LogP contribution in [-0.4, -0.2) is 17.1 Å². The third-order valence-corrected chi connectivity index (χ3v) is 5.72. The molecule has 4 aromatic rings. The smallest absolute Gasteiger partial charge is 0.228 e. The van der Waals surface area contributed by atoms with E-state index in [1.54, 1.807) is 7.11 Å². The largest absolute Gasteiger partial charge is 0.497 e. The van der Waals surface area contributed by atoms with Gasteiger partial charge in [0.1, 0.15) is 5.75 Å². The van der Waals surface area contributed by atoms with E-state index in [-0.39, 0.29) is 0 Å². The maximum absolute atomic E-state index is 5.27. The molecule has 3 aromatic carbocycles.